The molecule has 2 rings (SSSR count). The molecule has 4 nitrogen and oxygen atoms in total. The van der Waals surface area contributed by atoms with Crippen LogP contribution in [0.1, 0.15) is 42.4 Å². The number of aromatic nitrogens is 2. The second-order valence-electron chi connectivity index (χ2n) is 4.01. The number of hydrogen-bond donors (Lipinski definition) is 1. The van der Waals surface area contributed by atoms with Crippen molar-refractivity contribution in [3.63, 3.8) is 0 Å². The minimum Gasteiger partial charge on any atom is -0.389 e. The Morgan fingerprint density at radius 3 is 2.93 bits per heavy atom. The maximum Gasteiger partial charge on any atom is 0.134 e. The van der Waals surface area contributed by atoms with Gasteiger partial charge in [-0.3, -0.25) is 0 Å². The monoisotopic (exact) mass is 208 g/mol. The molecule has 4 heteroatoms. The van der Waals surface area contributed by atoms with E-state index in [9.17, 15) is 5.11 Å². The van der Waals surface area contributed by atoms with E-state index < -0.39 is 6.10 Å². The number of aliphatic hydroxyl groups is 1. The average molecular weight is 208 g/mol. The van der Waals surface area contributed by atoms with Crippen molar-refractivity contribution in [2.45, 2.75) is 32.3 Å². The summed E-state index contributed by atoms with van der Waals surface area (Å²) in [6.45, 7) is 5.14. The van der Waals surface area contributed by atoms with E-state index in [0.717, 1.165) is 30.1 Å². The fourth-order valence-corrected chi connectivity index (χ4v) is 1.84. The molecule has 15 heavy (non-hydrogen) atoms. The zero-order chi connectivity index (χ0) is 10.8. The number of ether oxygens (including phenoxy) is 1. The predicted octanol–water partition coefficient (Wildman–Crippen LogP) is 1.34. The Labute approximate surface area is 89.3 Å². The van der Waals surface area contributed by atoms with Gasteiger partial charge in [-0.25, -0.2) is 9.97 Å². The van der Waals surface area contributed by atoms with Gasteiger partial charge in [-0.15, -0.1) is 0 Å². The van der Waals surface area contributed by atoms with Crippen molar-refractivity contribution >= 4 is 0 Å². The average Bonchev–Trinajstić information content (AvgIpc) is 2.69. The van der Waals surface area contributed by atoms with Gasteiger partial charge in [0.1, 0.15) is 5.82 Å². The van der Waals surface area contributed by atoms with E-state index >= 15 is 0 Å². The summed E-state index contributed by atoms with van der Waals surface area (Å²) in [6, 6.07) is 0. The maximum absolute atomic E-state index is 9.46. The number of hydrogen-bond acceptors (Lipinski definition) is 4. The van der Waals surface area contributed by atoms with E-state index in [0.29, 0.717) is 12.5 Å². The van der Waals surface area contributed by atoms with Crippen molar-refractivity contribution in [2.24, 2.45) is 0 Å². The molecule has 1 aliphatic heterocycles. The zero-order valence-electron chi connectivity index (χ0n) is 9.10. The maximum atomic E-state index is 9.46. The Kier molecular flexibility index (Phi) is 2.98. The molecule has 82 valence electrons. The minimum absolute atomic E-state index is 0.326. The first-order valence-electron chi connectivity index (χ1n) is 5.27. The molecule has 1 saturated heterocycles. The van der Waals surface area contributed by atoms with Crippen LogP contribution in [0.3, 0.4) is 0 Å². The van der Waals surface area contributed by atoms with Crippen LogP contribution in [0.5, 0.6) is 0 Å². The smallest absolute Gasteiger partial charge is 0.134 e. The van der Waals surface area contributed by atoms with Crippen molar-refractivity contribution in [3.05, 3.63) is 23.3 Å². The summed E-state index contributed by atoms with van der Waals surface area (Å²) in [7, 11) is 0. The fraction of sp³-hybridized carbons (Fsp3) is 0.636. The van der Waals surface area contributed by atoms with Crippen molar-refractivity contribution in [3.8, 4) is 0 Å². The highest BCUT2D eigenvalue weighted by atomic mass is 16.5. The molecule has 0 aliphatic carbocycles. The summed E-state index contributed by atoms with van der Waals surface area (Å²) in [4.78, 5) is 8.72. The Morgan fingerprint density at radius 1 is 1.60 bits per heavy atom. The van der Waals surface area contributed by atoms with Gasteiger partial charge in [0.2, 0.25) is 0 Å². The Bertz CT molecular complexity index is 346. The van der Waals surface area contributed by atoms with E-state index in [1.807, 2.05) is 6.92 Å². The van der Waals surface area contributed by atoms with E-state index in [-0.39, 0.29) is 0 Å². The molecule has 1 aromatic heterocycles. The minimum atomic E-state index is -0.501. The molecule has 2 heterocycles. The molecule has 0 bridgehead atoms. The topological polar surface area (TPSA) is 55.2 Å². The van der Waals surface area contributed by atoms with Gasteiger partial charge in [0, 0.05) is 30.0 Å². The quantitative estimate of drug-likeness (QED) is 0.797. The lowest BCUT2D eigenvalue weighted by atomic mass is 10.1. The van der Waals surface area contributed by atoms with Gasteiger partial charge in [0.15, 0.2) is 0 Å². The van der Waals surface area contributed by atoms with E-state index in [4.69, 9.17) is 4.74 Å². The molecular formula is C11H16N2O2. The third-order valence-electron chi connectivity index (χ3n) is 2.78. The van der Waals surface area contributed by atoms with Crippen LogP contribution in [0.25, 0.3) is 0 Å². The summed E-state index contributed by atoms with van der Waals surface area (Å²) in [6.07, 6.45) is 2.22. The van der Waals surface area contributed by atoms with E-state index in [2.05, 4.69) is 9.97 Å². The van der Waals surface area contributed by atoms with Gasteiger partial charge >= 0.3 is 0 Å². The largest absolute Gasteiger partial charge is 0.389 e. The Morgan fingerprint density at radius 2 is 2.40 bits per heavy atom. The van der Waals surface area contributed by atoms with Gasteiger partial charge in [-0.05, 0) is 20.3 Å². The van der Waals surface area contributed by atoms with Crippen molar-refractivity contribution in [2.75, 3.05) is 13.2 Å². The van der Waals surface area contributed by atoms with Gasteiger partial charge < -0.3 is 9.84 Å². The van der Waals surface area contributed by atoms with Gasteiger partial charge in [0.05, 0.1) is 12.7 Å². The predicted molar refractivity (Wildman–Crippen MR) is 55.6 cm³/mol. The van der Waals surface area contributed by atoms with Crippen LogP contribution in [-0.4, -0.2) is 28.3 Å². The van der Waals surface area contributed by atoms with Crippen LogP contribution >= 0.6 is 0 Å². The number of rotatable bonds is 2. The lowest BCUT2D eigenvalue weighted by Gasteiger charge is -2.11. The van der Waals surface area contributed by atoms with Crippen molar-refractivity contribution < 1.29 is 9.84 Å². The van der Waals surface area contributed by atoms with Gasteiger partial charge in [-0.2, -0.15) is 0 Å². The molecule has 0 amide bonds. The van der Waals surface area contributed by atoms with Crippen LogP contribution in [0.15, 0.2) is 6.20 Å². The molecule has 0 radical (unpaired) electrons. The summed E-state index contributed by atoms with van der Waals surface area (Å²) in [5.41, 5.74) is 1.67. The molecule has 0 saturated carbocycles. The van der Waals surface area contributed by atoms with Gasteiger partial charge in [0.25, 0.3) is 0 Å². The third kappa shape index (κ3) is 2.16. The van der Waals surface area contributed by atoms with Crippen LogP contribution in [-0.2, 0) is 4.74 Å². The number of nitrogens with zero attached hydrogens (tertiary/aromatic N) is 2. The summed E-state index contributed by atoms with van der Waals surface area (Å²) in [5.74, 6) is 1.17. The van der Waals surface area contributed by atoms with Crippen LogP contribution < -0.4 is 0 Å². The standard InChI is InChI=1S/C11H16N2O2/c1-7-10(8(2)14)5-12-11(13-7)9-3-4-15-6-9/h5,8-9,14H,3-4,6H2,1-2H3/t8-,9?/m0/s1. The highest BCUT2D eigenvalue weighted by molar-refractivity contribution is 5.19. The highest BCUT2D eigenvalue weighted by Gasteiger charge is 2.21. The second kappa shape index (κ2) is 4.24. The van der Waals surface area contributed by atoms with Crippen molar-refractivity contribution in [1.29, 1.82) is 0 Å². The molecule has 0 spiro atoms. The number of aryl methyl sites for hydroxylation is 1. The van der Waals surface area contributed by atoms with E-state index in [1.165, 1.54) is 0 Å². The molecular weight excluding hydrogens is 192 g/mol. The molecule has 1 unspecified atom stereocenters. The third-order valence-corrected chi connectivity index (χ3v) is 2.78. The molecule has 1 fully saturated rings. The van der Waals surface area contributed by atoms with Crippen LogP contribution in [0.4, 0.5) is 0 Å². The normalized spacial score (nSPS) is 23.0. The summed E-state index contributed by atoms with van der Waals surface area (Å²) in [5, 5.41) is 9.46. The second-order valence-corrected chi connectivity index (χ2v) is 4.01. The lowest BCUT2D eigenvalue weighted by Crippen LogP contribution is -2.08. The summed E-state index contributed by atoms with van der Waals surface area (Å²) < 4.78 is 5.30. The van der Waals surface area contributed by atoms with E-state index in [1.54, 1.807) is 13.1 Å². The SMILES string of the molecule is Cc1nc(C2CCOC2)ncc1[C@H](C)O. The molecule has 2 atom stereocenters. The molecule has 0 aromatic carbocycles. The fourth-order valence-electron chi connectivity index (χ4n) is 1.84. The lowest BCUT2D eigenvalue weighted by molar-refractivity contribution is 0.192. The molecule has 1 aliphatic rings. The Hall–Kier alpha value is -1.00. The Balaban J connectivity index is 2.24. The highest BCUT2D eigenvalue weighted by Crippen LogP contribution is 2.23. The van der Waals surface area contributed by atoms with Crippen LogP contribution in [0.2, 0.25) is 0 Å². The van der Waals surface area contributed by atoms with Crippen molar-refractivity contribution in [1.82, 2.24) is 9.97 Å². The zero-order valence-corrected chi connectivity index (χ0v) is 9.10. The van der Waals surface area contributed by atoms with Gasteiger partial charge in [-0.1, -0.05) is 0 Å². The first kappa shape index (κ1) is 10.5. The summed E-state index contributed by atoms with van der Waals surface area (Å²) >= 11 is 0. The number of aliphatic hydroxyl groups excluding tert-OH is 1. The van der Waals surface area contributed by atoms with Crippen LogP contribution in [0, 0.1) is 6.92 Å². The first-order valence-corrected chi connectivity index (χ1v) is 5.27. The molecule has 1 aromatic rings. The molecule has 1 N–H and O–H groups in total. The first-order chi connectivity index (χ1) is 7.18.